The van der Waals surface area contributed by atoms with Gasteiger partial charge in [0.05, 0.1) is 4.92 Å². The van der Waals surface area contributed by atoms with Crippen LogP contribution in [0.2, 0.25) is 0 Å². The summed E-state index contributed by atoms with van der Waals surface area (Å²) in [6.07, 6.45) is 1.47. The van der Waals surface area contributed by atoms with Gasteiger partial charge in [0.2, 0.25) is 6.21 Å². The van der Waals surface area contributed by atoms with Crippen LogP contribution in [-0.2, 0) is 0 Å². The number of nitrogens with two attached hydrogens (primary N) is 2. The summed E-state index contributed by atoms with van der Waals surface area (Å²) < 4.78 is 0. The van der Waals surface area contributed by atoms with Crippen LogP contribution in [0.1, 0.15) is 5.56 Å². The molecule has 2 aromatic rings. The van der Waals surface area contributed by atoms with E-state index in [1.54, 1.807) is 24.1 Å². The van der Waals surface area contributed by atoms with Gasteiger partial charge in [0.25, 0.3) is 11.6 Å². The molecule has 0 saturated heterocycles. The average Bonchev–Trinajstić information content (AvgIpc) is 2.54. The largest absolute Gasteiger partial charge is 0.365 e. The minimum absolute atomic E-state index is 0.0170. The smallest absolute Gasteiger partial charge is 0.293 e. The van der Waals surface area contributed by atoms with Crippen LogP contribution in [0.25, 0.3) is 0 Å². The average molecular weight is 313 g/mol. The molecule has 2 rings (SSSR count). The number of benzene rings is 2. The third-order valence-electron chi connectivity index (χ3n) is 3.13. The van der Waals surface area contributed by atoms with Crippen LogP contribution < -0.4 is 21.5 Å². The van der Waals surface area contributed by atoms with Crippen molar-refractivity contribution in [2.24, 2.45) is 16.6 Å². The van der Waals surface area contributed by atoms with Crippen LogP contribution in [0.3, 0.4) is 0 Å². The molecule has 0 spiro atoms. The van der Waals surface area contributed by atoms with Gasteiger partial charge in [-0.15, -0.1) is 5.10 Å². The Bertz CT molecular complexity index is 754. The maximum absolute atomic E-state index is 11.4. The van der Waals surface area contributed by atoms with Crippen molar-refractivity contribution in [3.63, 3.8) is 0 Å². The van der Waals surface area contributed by atoms with Crippen LogP contribution in [0.5, 0.6) is 0 Å². The van der Waals surface area contributed by atoms with Gasteiger partial charge in [-0.2, -0.15) is 0 Å². The van der Waals surface area contributed by atoms with Gasteiger partial charge in [-0.05, 0) is 24.3 Å². The van der Waals surface area contributed by atoms with E-state index >= 15 is 0 Å². The van der Waals surface area contributed by atoms with Crippen molar-refractivity contribution in [1.29, 1.82) is 0 Å². The summed E-state index contributed by atoms with van der Waals surface area (Å²) in [5.41, 5.74) is 12.3. The second-order valence-electron chi connectivity index (χ2n) is 4.71. The van der Waals surface area contributed by atoms with Crippen LogP contribution in [0.4, 0.5) is 17.1 Å². The highest BCUT2D eigenvalue weighted by Crippen LogP contribution is 2.32. The summed E-state index contributed by atoms with van der Waals surface area (Å²) in [4.78, 5) is 12.7. The van der Waals surface area contributed by atoms with Crippen LogP contribution in [0.15, 0.2) is 53.6 Å². The van der Waals surface area contributed by atoms with E-state index in [0.717, 1.165) is 5.69 Å². The highest BCUT2D eigenvalue weighted by molar-refractivity contribution is 5.81. The SMILES string of the molecule is CN(c1ccccc1)c1ccc(/C=[NH+]/N=C(N)N)cc1[N+](=O)[O-]. The highest BCUT2D eigenvalue weighted by atomic mass is 16.6. The summed E-state index contributed by atoms with van der Waals surface area (Å²) in [6, 6.07) is 14.3. The van der Waals surface area contributed by atoms with Crippen molar-refractivity contribution >= 4 is 29.2 Å². The Morgan fingerprint density at radius 1 is 1.26 bits per heavy atom. The maximum atomic E-state index is 11.4. The molecule has 0 amide bonds. The molecule has 0 radical (unpaired) electrons. The van der Waals surface area contributed by atoms with Gasteiger partial charge in [0.1, 0.15) is 5.69 Å². The van der Waals surface area contributed by atoms with Gasteiger partial charge in [-0.25, -0.2) is 0 Å². The number of nitro groups is 1. The first-order valence-corrected chi connectivity index (χ1v) is 6.73. The Labute approximate surface area is 132 Å². The molecule has 8 nitrogen and oxygen atoms in total. The molecule has 2 aromatic carbocycles. The molecule has 0 aliphatic carbocycles. The highest BCUT2D eigenvalue weighted by Gasteiger charge is 2.19. The van der Waals surface area contributed by atoms with E-state index in [1.165, 1.54) is 12.3 Å². The van der Waals surface area contributed by atoms with Gasteiger partial charge in [-0.3, -0.25) is 10.1 Å². The number of hydrogen-bond acceptors (Lipinski definition) is 4. The zero-order valence-corrected chi connectivity index (χ0v) is 12.5. The van der Waals surface area contributed by atoms with E-state index in [0.29, 0.717) is 11.3 Å². The second kappa shape index (κ2) is 7.03. The van der Waals surface area contributed by atoms with Gasteiger partial charge >= 0.3 is 0 Å². The van der Waals surface area contributed by atoms with E-state index in [-0.39, 0.29) is 11.6 Å². The number of nitro benzene ring substituents is 1. The molecule has 0 fully saturated rings. The fraction of sp³-hybridized carbons (Fsp3) is 0.0667. The lowest BCUT2D eigenvalue weighted by Gasteiger charge is -2.19. The Balaban J connectivity index is 2.39. The van der Waals surface area contributed by atoms with Crippen molar-refractivity contribution in [1.82, 2.24) is 0 Å². The maximum Gasteiger partial charge on any atom is 0.293 e. The minimum atomic E-state index is -0.424. The monoisotopic (exact) mass is 313 g/mol. The Morgan fingerprint density at radius 2 is 1.96 bits per heavy atom. The number of anilines is 2. The van der Waals surface area contributed by atoms with E-state index in [4.69, 9.17) is 11.5 Å². The lowest BCUT2D eigenvalue weighted by molar-refractivity contribution is -0.456. The molecule has 118 valence electrons. The Hall–Kier alpha value is -3.42. The molecule has 0 heterocycles. The predicted octanol–water partition coefficient (Wildman–Crippen LogP) is 0.0506. The lowest BCUT2D eigenvalue weighted by Crippen LogP contribution is -2.63. The van der Waals surface area contributed by atoms with Crippen molar-refractivity contribution < 1.29 is 10.0 Å². The quantitative estimate of drug-likeness (QED) is 0.311. The summed E-state index contributed by atoms with van der Waals surface area (Å²) >= 11 is 0. The third-order valence-corrected chi connectivity index (χ3v) is 3.13. The van der Waals surface area contributed by atoms with E-state index in [9.17, 15) is 10.1 Å². The number of hydrogen-bond donors (Lipinski definition) is 3. The second-order valence-corrected chi connectivity index (χ2v) is 4.71. The molecule has 0 bridgehead atoms. The zero-order valence-electron chi connectivity index (χ0n) is 12.5. The first kappa shape index (κ1) is 16.0. The van der Waals surface area contributed by atoms with E-state index < -0.39 is 4.92 Å². The van der Waals surface area contributed by atoms with E-state index in [2.05, 4.69) is 10.2 Å². The molecule has 8 heteroatoms. The summed E-state index contributed by atoms with van der Waals surface area (Å²) in [6.45, 7) is 0. The summed E-state index contributed by atoms with van der Waals surface area (Å²) in [5, 5.41) is 17.5. The molecular formula is C15H17N6O2+. The normalized spacial score (nSPS) is 10.5. The van der Waals surface area contributed by atoms with Gasteiger partial charge in [0, 0.05) is 29.5 Å². The van der Waals surface area contributed by atoms with Crippen LogP contribution >= 0.6 is 0 Å². The molecule has 5 N–H and O–H groups in total. The fourth-order valence-corrected chi connectivity index (χ4v) is 2.03. The number of rotatable bonds is 5. The molecule has 0 unspecified atom stereocenters. The first-order chi connectivity index (χ1) is 11.0. The van der Waals surface area contributed by atoms with Gasteiger partial charge < -0.3 is 16.4 Å². The molecule has 0 atom stereocenters. The predicted molar refractivity (Wildman–Crippen MR) is 89.5 cm³/mol. The van der Waals surface area contributed by atoms with Gasteiger partial charge in [-0.1, -0.05) is 18.2 Å². The molecule has 0 saturated carbocycles. The summed E-state index contributed by atoms with van der Waals surface area (Å²) in [7, 11) is 1.78. The van der Waals surface area contributed by atoms with Crippen molar-refractivity contribution in [2.75, 3.05) is 11.9 Å². The first-order valence-electron chi connectivity index (χ1n) is 6.73. The van der Waals surface area contributed by atoms with Gasteiger partial charge in [0.15, 0.2) is 0 Å². The Kier molecular flexibility index (Phi) is 4.88. The standard InChI is InChI=1S/C15H16N6O2/c1-20(12-5-3-2-4-6-12)13-8-7-11(9-14(13)21(22)23)10-18-19-15(16)17/h2-10H,1H3,(H4,16,17,19)/p+1/b18-10+. The Morgan fingerprint density at radius 3 is 2.57 bits per heavy atom. The molecule has 0 aliphatic rings. The lowest BCUT2D eigenvalue weighted by atomic mass is 10.1. The zero-order chi connectivity index (χ0) is 16.8. The van der Waals surface area contributed by atoms with Crippen molar-refractivity contribution in [3.05, 3.63) is 64.2 Å². The number of nitrogens with one attached hydrogen (secondary N) is 1. The van der Waals surface area contributed by atoms with E-state index in [1.807, 2.05) is 30.3 Å². The summed E-state index contributed by atoms with van der Waals surface area (Å²) in [5.74, 6) is -0.129. The topological polar surface area (TPSA) is 125 Å². The molecule has 0 aliphatic heterocycles. The van der Waals surface area contributed by atoms with Crippen molar-refractivity contribution in [3.8, 4) is 0 Å². The number of hydrazone groups is 1. The van der Waals surface area contributed by atoms with Crippen LogP contribution in [-0.4, -0.2) is 24.1 Å². The number of nitrogens with zero attached hydrogens (tertiary/aromatic N) is 3. The molecule has 0 aromatic heterocycles. The van der Waals surface area contributed by atoms with Crippen LogP contribution in [0, 0.1) is 10.1 Å². The number of para-hydroxylation sites is 1. The fourth-order valence-electron chi connectivity index (χ4n) is 2.03. The molecular weight excluding hydrogens is 296 g/mol. The third kappa shape index (κ3) is 4.03. The van der Waals surface area contributed by atoms with Crippen molar-refractivity contribution in [2.45, 2.75) is 0 Å². The molecule has 23 heavy (non-hydrogen) atoms. The number of guanidine groups is 1. The minimum Gasteiger partial charge on any atom is -0.365 e.